The number of hydrogen-bond donors (Lipinski definition) is 1. The molecule has 1 aliphatic heterocycles. The summed E-state index contributed by atoms with van der Waals surface area (Å²) in [5, 5.41) is 0.906. The molecule has 1 aliphatic carbocycles. The molecule has 1 aromatic carbocycles. The minimum absolute atomic E-state index is 0.204. The minimum Gasteiger partial charge on any atom is -0.371 e. The second-order valence-electron chi connectivity index (χ2n) is 6.15. The molecular weight excluding hydrogens is 253 g/mol. The van der Waals surface area contributed by atoms with Gasteiger partial charge in [-0.3, -0.25) is 4.98 Å². The number of benzene rings is 1. The van der Waals surface area contributed by atoms with Crippen LogP contribution in [-0.2, 0) is 0 Å². The molecule has 4 heteroatoms. The van der Waals surface area contributed by atoms with E-state index >= 15 is 0 Å². The summed E-state index contributed by atoms with van der Waals surface area (Å²) in [6.07, 6.45) is 5.27. The van der Waals surface area contributed by atoms with Crippen LogP contribution in [0.1, 0.15) is 19.3 Å². The minimum atomic E-state index is -0.204. The standard InChI is InChI=1S/C16H18FN3/c17-11-1-2-13-12(9-11)14(3-6-19-13)20-7-4-16(5-8-20)10-15(16)18/h1-3,6,9,15H,4-5,7-8,10,18H2. The van der Waals surface area contributed by atoms with Crippen LogP contribution >= 0.6 is 0 Å². The van der Waals surface area contributed by atoms with Crippen LogP contribution in [0.5, 0.6) is 0 Å². The van der Waals surface area contributed by atoms with Crippen LogP contribution in [0.15, 0.2) is 30.5 Å². The van der Waals surface area contributed by atoms with Crippen LogP contribution in [0.2, 0.25) is 0 Å². The Kier molecular flexibility index (Phi) is 2.51. The van der Waals surface area contributed by atoms with Crippen LogP contribution in [0.4, 0.5) is 10.1 Å². The van der Waals surface area contributed by atoms with Gasteiger partial charge in [0.05, 0.1) is 5.52 Å². The van der Waals surface area contributed by atoms with Gasteiger partial charge in [-0.15, -0.1) is 0 Å². The molecule has 1 atom stereocenters. The molecule has 2 heterocycles. The third-order valence-electron chi connectivity index (χ3n) is 5.03. The molecule has 1 aromatic heterocycles. The highest BCUT2D eigenvalue weighted by Crippen LogP contribution is 2.53. The van der Waals surface area contributed by atoms with Crippen LogP contribution in [0, 0.1) is 11.2 Å². The zero-order valence-corrected chi connectivity index (χ0v) is 11.3. The van der Waals surface area contributed by atoms with Gasteiger partial charge >= 0.3 is 0 Å². The van der Waals surface area contributed by atoms with Crippen molar-refractivity contribution in [1.82, 2.24) is 4.98 Å². The smallest absolute Gasteiger partial charge is 0.124 e. The van der Waals surface area contributed by atoms with Crippen LogP contribution < -0.4 is 10.6 Å². The van der Waals surface area contributed by atoms with Crippen molar-refractivity contribution < 1.29 is 4.39 Å². The average molecular weight is 271 g/mol. The summed E-state index contributed by atoms with van der Waals surface area (Å²) < 4.78 is 13.5. The third-order valence-corrected chi connectivity index (χ3v) is 5.03. The van der Waals surface area contributed by atoms with Crippen molar-refractivity contribution in [2.75, 3.05) is 18.0 Å². The second-order valence-corrected chi connectivity index (χ2v) is 6.15. The van der Waals surface area contributed by atoms with Gasteiger partial charge in [0.1, 0.15) is 5.82 Å². The van der Waals surface area contributed by atoms with Gasteiger partial charge in [-0.25, -0.2) is 4.39 Å². The summed E-state index contributed by atoms with van der Waals surface area (Å²) >= 11 is 0. The zero-order chi connectivity index (χ0) is 13.7. The van der Waals surface area contributed by atoms with Crippen LogP contribution in [0.3, 0.4) is 0 Å². The molecule has 1 saturated carbocycles. The molecule has 2 N–H and O–H groups in total. The number of nitrogens with zero attached hydrogens (tertiary/aromatic N) is 2. The lowest BCUT2D eigenvalue weighted by Crippen LogP contribution is -2.36. The maximum Gasteiger partial charge on any atom is 0.124 e. The number of pyridine rings is 1. The summed E-state index contributed by atoms with van der Waals surface area (Å²) in [7, 11) is 0. The lowest BCUT2D eigenvalue weighted by molar-refractivity contribution is 0.372. The highest BCUT2D eigenvalue weighted by molar-refractivity contribution is 5.91. The number of fused-ring (bicyclic) bond motifs is 1. The fourth-order valence-corrected chi connectivity index (χ4v) is 3.53. The first kappa shape index (κ1) is 12.1. The van der Waals surface area contributed by atoms with Crippen molar-refractivity contribution in [3.8, 4) is 0 Å². The van der Waals surface area contributed by atoms with Gasteiger partial charge in [0.25, 0.3) is 0 Å². The maximum absolute atomic E-state index is 13.5. The molecule has 104 valence electrons. The van der Waals surface area contributed by atoms with Gasteiger partial charge in [-0.1, -0.05) is 0 Å². The number of halogens is 1. The van der Waals surface area contributed by atoms with E-state index in [0.717, 1.165) is 42.5 Å². The number of anilines is 1. The van der Waals surface area contributed by atoms with Crippen molar-refractivity contribution in [2.24, 2.45) is 11.1 Å². The third kappa shape index (κ3) is 1.79. The van der Waals surface area contributed by atoms with Crippen molar-refractivity contribution in [1.29, 1.82) is 0 Å². The Morgan fingerprint density at radius 3 is 2.70 bits per heavy atom. The molecular formula is C16H18FN3. The fraction of sp³-hybridized carbons (Fsp3) is 0.438. The largest absolute Gasteiger partial charge is 0.371 e. The molecule has 20 heavy (non-hydrogen) atoms. The van der Waals surface area contributed by atoms with E-state index < -0.39 is 0 Å². The summed E-state index contributed by atoms with van der Waals surface area (Å²) in [6.45, 7) is 2.01. The Morgan fingerprint density at radius 1 is 1.25 bits per heavy atom. The Hall–Kier alpha value is -1.68. The van der Waals surface area contributed by atoms with Crippen molar-refractivity contribution >= 4 is 16.6 Å². The lowest BCUT2D eigenvalue weighted by atomic mass is 9.92. The van der Waals surface area contributed by atoms with Gasteiger partial charge in [-0.05, 0) is 48.9 Å². The molecule has 1 unspecified atom stereocenters. The highest BCUT2D eigenvalue weighted by atomic mass is 19.1. The number of hydrogen-bond acceptors (Lipinski definition) is 3. The van der Waals surface area contributed by atoms with E-state index in [1.165, 1.54) is 12.5 Å². The van der Waals surface area contributed by atoms with E-state index in [1.54, 1.807) is 12.1 Å². The molecule has 0 amide bonds. The van der Waals surface area contributed by atoms with Gasteiger partial charge in [0.2, 0.25) is 0 Å². The van der Waals surface area contributed by atoms with E-state index in [9.17, 15) is 4.39 Å². The quantitative estimate of drug-likeness (QED) is 0.867. The van der Waals surface area contributed by atoms with Crippen molar-refractivity contribution in [3.63, 3.8) is 0 Å². The SMILES string of the molecule is NC1CC12CCN(c1ccnc3ccc(F)cc13)CC2. The Balaban J connectivity index is 1.67. The summed E-state index contributed by atoms with van der Waals surface area (Å²) in [5.74, 6) is -0.204. The first-order chi connectivity index (χ1) is 9.68. The maximum atomic E-state index is 13.5. The molecule has 2 aliphatic rings. The fourth-order valence-electron chi connectivity index (χ4n) is 3.53. The van der Waals surface area contributed by atoms with Crippen molar-refractivity contribution in [3.05, 3.63) is 36.3 Å². The molecule has 2 aromatic rings. The number of aromatic nitrogens is 1. The summed E-state index contributed by atoms with van der Waals surface area (Å²) in [4.78, 5) is 6.66. The Morgan fingerprint density at radius 2 is 2.00 bits per heavy atom. The first-order valence-electron chi connectivity index (χ1n) is 7.23. The van der Waals surface area contributed by atoms with Gasteiger partial charge in [0, 0.05) is 36.4 Å². The summed E-state index contributed by atoms with van der Waals surface area (Å²) in [6, 6.07) is 7.19. The van der Waals surface area contributed by atoms with Crippen LogP contribution in [0.25, 0.3) is 10.9 Å². The Labute approximate surface area is 117 Å². The lowest BCUT2D eigenvalue weighted by Gasteiger charge is -2.34. The van der Waals surface area contributed by atoms with Gasteiger partial charge in [0.15, 0.2) is 0 Å². The van der Waals surface area contributed by atoms with E-state index in [2.05, 4.69) is 9.88 Å². The number of nitrogens with two attached hydrogens (primary N) is 1. The summed E-state index contributed by atoms with van der Waals surface area (Å²) in [5.41, 5.74) is 8.41. The molecule has 0 bridgehead atoms. The molecule has 1 saturated heterocycles. The van der Waals surface area contributed by atoms with E-state index in [0.29, 0.717) is 11.5 Å². The topological polar surface area (TPSA) is 42.1 Å². The number of piperidine rings is 1. The van der Waals surface area contributed by atoms with Crippen LogP contribution in [-0.4, -0.2) is 24.1 Å². The van der Waals surface area contributed by atoms with Crippen molar-refractivity contribution in [2.45, 2.75) is 25.3 Å². The second kappa shape index (κ2) is 4.16. The van der Waals surface area contributed by atoms with E-state index in [4.69, 9.17) is 5.73 Å². The predicted octanol–water partition coefficient (Wildman–Crippen LogP) is 2.69. The molecule has 4 rings (SSSR count). The van der Waals surface area contributed by atoms with E-state index in [-0.39, 0.29) is 5.82 Å². The normalized spacial score (nSPS) is 24.3. The monoisotopic (exact) mass is 271 g/mol. The molecule has 0 radical (unpaired) electrons. The number of rotatable bonds is 1. The van der Waals surface area contributed by atoms with Gasteiger partial charge in [-0.2, -0.15) is 0 Å². The Bertz CT molecular complexity index is 662. The van der Waals surface area contributed by atoms with E-state index in [1.807, 2.05) is 12.3 Å². The molecule has 3 nitrogen and oxygen atoms in total. The molecule has 2 fully saturated rings. The first-order valence-corrected chi connectivity index (χ1v) is 7.23. The molecule has 1 spiro atoms. The predicted molar refractivity (Wildman–Crippen MR) is 78.2 cm³/mol. The van der Waals surface area contributed by atoms with Gasteiger partial charge < -0.3 is 10.6 Å². The zero-order valence-electron chi connectivity index (χ0n) is 11.3. The average Bonchev–Trinajstić information content (AvgIpc) is 3.08. The highest BCUT2D eigenvalue weighted by Gasteiger charge is 2.52.